The molecule has 1 rings (SSSR count). The first-order valence-electron chi connectivity index (χ1n) is 5.01. The second-order valence-electron chi connectivity index (χ2n) is 3.44. The van der Waals surface area contributed by atoms with Gasteiger partial charge in [-0.05, 0) is 6.92 Å². The van der Waals surface area contributed by atoms with Crippen LogP contribution in [-0.2, 0) is 14.8 Å². The maximum Gasteiger partial charge on any atom is 0.225 e. The van der Waals surface area contributed by atoms with E-state index in [1.165, 1.54) is 0 Å². The van der Waals surface area contributed by atoms with E-state index in [4.69, 9.17) is 0 Å². The summed E-state index contributed by atoms with van der Waals surface area (Å²) < 4.78 is 24.4. The smallest absolute Gasteiger partial charge is 0.225 e. The number of hydrogen-bond acceptors (Lipinski definition) is 4. The zero-order valence-electron chi connectivity index (χ0n) is 9.15. The van der Waals surface area contributed by atoms with Crippen molar-refractivity contribution in [2.75, 3.05) is 31.9 Å². The van der Waals surface area contributed by atoms with E-state index < -0.39 is 10.0 Å². The highest BCUT2D eigenvalue weighted by molar-refractivity contribution is 7.89. The van der Waals surface area contributed by atoms with Crippen LogP contribution >= 0.6 is 12.4 Å². The molecule has 1 aliphatic heterocycles. The molecule has 1 amide bonds. The van der Waals surface area contributed by atoms with Gasteiger partial charge in [-0.15, -0.1) is 12.4 Å². The van der Waals surface area contributed by atoms with Crippen molar-refractivity contribution in [3.05, 3.63) is 0 Å². The normalized spacial score (nSPS) is 16.1. The summed E-state index contributed by atoms with van der Waals surface area (Å²) in [4.78, 5) is 11.3. The van der Waals surface area contributed by atoms with Gasteiger partial charge in [-0.2, -0.15) is 0 Å². The highest BCUT2D eigenvalue weighted by Gasteiger charge is 2.24. The largest absolute Gasteiger partial charge is 0.354 e. The van der Waals surface area contributed by atoms with Crippen LogP contribution < -0.4 is 15.4 Å². The summed E-state index contributed by atoms with van der Waals surface area (Å²) in [5.74, 6) is 0.102. The first-order chi connectivity index (χ1) is 7.05. The summed E-state index contributed by atoms with van der Waals surface area (Å²) in [5, 5.41) is 5.67. The fourth-order valence-electron chi connectivity index (χ4n) is 1.11. The van der Waals surface area contributed by atoms with E-state index in [9.17, 15) is 13.2 Å². The van der Waals surface area contributed by atoms with Crippen LogP contribution in [-0.4, -0.2) is 46.3 Å². The molecule has 0 aliphatic carbocycles. The summed E-state index contributed by atoms with van der Waals surface area (Å²) in [6, 6.07) is 0. The lowest BCUT2D eigenvalue weighted by molar-refractivity contribution is -0.126. The van der Waals surface area contributed by atoms with Gasteiger partial charge in [0.25, 0.3) is 0 Å². The predicted molar refractivity (Wildman–Crippen MR) is 64.1 cm³/mol. The second-order valence-corrected chi connectivity index (χ2v) is 5.54. The number of carbonyl (C=O) groups is 1. The number of rotatable bonds is 6. The third-order valence-electron chi connectivity index (χ3n) is 2.28. The zero-order valence-corrected chi connectivity index (χ0v) is 10.8. The average Bonchev–Trinajstić information content (AvgIpc) is 2.10. The molecular weight excluding hydrogens is 254 g/mol. The fourth-order valence-corrected chi connectivity index (χ4v) is 1.73. The fraction of sp³-hybridized carbons (Fsp3) is 0.875. The van der Waals surface area contributed by atoms with Crippen LogP contribution in [0.1, 0.15) is 6.92 Å². The lowest BCUT2D eigenvalue weighted by Gasteiger charge is -2.25. The first kappa shape index (κ1) is 15.6. The first-order valence-corrected chi connectivity index (χ1v) is 6.66. The van der Waals surface area contributed by atoms with Crippen molar-refractivity contribution in [1.82, 2.24) is 15.4 Å². The maximum atomic E-state index is 11.3. The molecule has 1 fully saturated rings. The molecule has 8 heteroatoms. The Labute approximate surface area is 102 Å². The average molecular weight is 272 g/mol. The van der Waals surface area contributed by atoms with Crippen molar-refractivity contribution in [3.63, 3.8) is 0 Å². The Morgan fingerprint density at radius 3 is 2.44 bits per heavy atom. The van der Waals surface area contributed by atoms with Crippen molar-refractivity contribution in [1.29, 1.82) is 0 Å². The molecule has 0 saturated carbocycles. The van der Waals surface area contributed by atoms with E-state index in [1.807, 2.05) is 0 Å². The van der Waals surface area contributed by atoms with E-state index in [2.05, 4.69) is 15.4 Å². The van der Waals surface area contributed by atoms with Crippen LogP contribution in [0.5, 0.6) is 0 Å². The van der Waals surface area contributed by atoms with Gasteiger partial charge in [-0.3, -0.25) is 4.79 Å². The second kappa shape index (κ2) is 7.05. The summed E-state index contributed by atoms with van der Waals surface area (Å²) in [7, 11) is -3.14. The molecule has 0 atom stereocenters. The monoisotopic (exact) mass is 271 g/mol. The minimum Gasteiger partial charge on any atom is -0.354 e. The molecule has 0 unspecified atom stereocenters. The van der Waals surface area contributed by atoms with Crippen LogP contribution in [0, 0.1) is 5.92 Å². The summed E-state index contributed by atoms with van der Waals surface area (Å²) >= 11 is 0. The Morgan fingerprint density at radius 1 is 1.38 bits per heavy atom. The molecular formula is C8H18ClN3O3S. The quantitative estimate of drug-likeness (QED) is 0.523. The molecule has 0 aromatic heterocycles. The van der Waals surface area contributed by atoms with Crippen LogP contribution in [0.4, 0.5) is 0 Å². The molecule has 0 aromatic carbocycles. The molecule has 1 heterocycles. The molecule has 0 radical (unpaired) electrons. The minimum atomic E-state index is -3.14. The summed E-state index contributed by atoms with van der Waals surface area (Å²) in [6.07, 6.45) is 0. The van der Waals surface area contributed by atoms with Crippen LogP contribution in [0.3, 0.4) is 0 Å². The summed E-state index contributed by atoms with van der Waals surface area (Å²) in [6.45, 7) is 3.59. The third kappa shape index (κ3) is 5.11. The standard InChI is InChI=1S/C8H17N3O3S.ClH/c1-2-15(13,14)11-4-3-10-8(12)7-5-9-6-7;/h7,9,11H,2-6H2,1H3,(H,10,12);1H. The van der Waals surface area contributed by atoms with Crippen molar-refractivity contribution in [2.45, 2.75) is 6.92 Å². The van der Waals surface area contributed by atoms with Crippen molar-refractivity contribution < 1.29 is 13.2 Å². The topological polar surface area (TPSA) is 87.3 Å². The summed E-state index contributed by atoms with van der Waals surface area (Å²) in [5.41, 5.74) is 0. The van der Waals surface area contributed by atoms with E-state index in [0.717, 1.165) is 0 Å². The third-order valence-corrected chi connectivity index (χ3v) is 3.68. The van der Waals surface area contributed by atoms with Gasteiger partial charge < -0.3 is 10.6 Å². The minimum absolute atomic E-state index is 0. The van der Waals surface area contributed by atoms with Crippen molar-refractivity contribution in [2.24, 2.45) is 5.92 Å². The van der Waals surface area contributed by atoms with E-state index in [-0.39, 0.29) is 36.5 Å². The number of halogens is 1. The van der Waals surface area contributed by atoms with Crippen molar-refractivity contribution in [3.8, 4) is 0 Å². The molecule has 1 saturated heterocycles. The Kier molecular flexibility index (Phi) is 6.89. The van der Waals surface area contributed by atoms with Gasteiger partial charge in [-0.25, -0.2) is 13.1 Å². The van der Waals surface area contributed by atoms with Crippen LogP contribution in [0.25, 0.3) is 0 Å². The number of sulfonamides is 1. The molecule has 1 aliphatic rings. The highest BCUT2D eigenvalue weighted by Crippen LogP contribution is 2.01. The molecule has 96 valence electrons. The number of hydrogen-bond donors (Lipinski definition) is 3. The van der Waals surface area contributed by atoms with E-state index in [0.29, 0.717) is 19.6 Å². The Bertz CT molecular complexity index is 316. The van der Waals surface area contributed by atoms with Crippen LogP contribution in [0.2, 0.25) is 0 Å². The molecule has 6 nitrogen and oxygen atoms in total. The highest BCUT2D eigenvalue weighted by atomic mass is 35.5. The zero-order chi connectivity index (χ0) is 11.3. The Hall–Kier alpha value is -0.370. The Morgan fingerprint density at radius 2 is 2.00 bits per heavy atom. The predicted octanol–water partition coefficient (Wildman–Crippen LogP) is -1.32. The molecule has 0 spiro atoms. The van der Waals surface area contributed by atoms with Gasteiger partial charge >= 0.3 is 0 Å². The lowest BCUT2D eigenvalue weighted by atomic mass is 10.0. The molecule has 0 bridgehead atoms. The molecule has 0 aromatic rings. The number of nitrogens with one attached hydrogen (secondary N) is 3. The number of carbonyl (C=O) groups excluding carboxylic acids is 1. The van der Waals surface area contributed by atoms with Gasteiger partial charge in [0.1, 0.15) is 0 Å². The number of amides is 1. The van der Waals surface area contributed by atoms with Gasteiger partial charge in [0.15, 0.2) is 0 Å². The molecule has 3 N–H and O–H groups in total. The lowest BCUT2D eigenvalue weighted by Crippen LogP contribution is -2.51. The van der Waals surface area contributed by atoms with Gasteiger partial charge in [0.2, 0.25) is 15.9 Å². The molecule has 16 heavy (non-hydrogen) atoms. The van der Waals surface area contributed by atoms with Gasteiger partial charge in [0, 0.05) is 26.2 Å². The SMILES string of the molecule is CCS(=O)(=O)NCCNC(=O)C1CNC1.Cl. The maximum absolute atomic E-state index is 11.3. The van der Waals surface area contributed by atoms with Crippen LogP contribution in [0.15, 0.2) is 0 Å². The Balaban J connectivity index is 0.00000225. The van der Waals surface area contributed by atoms with E-state index >= 15 is 0 Å². The van der Waals surface area contributed by atoms with E-state index in [1.54, 1.807) is 6.92 Å². The van der Waals surface area contributed by atoms with Gasteiger partial charge in [-0.1, -0.05) is 0 Å². The van der Waals surface area contributed by atoms with Crippen molar-refractivity contribution >= 4 is 28.3 Å². The van der Waals surface area contributed by atoms with Gasteiger partial charge in [0.05, 0.1) is 11.7 Å².